The molecule has 0 spiro atoms. The summed E-state index contributed by atoms with van der Waals surface area (Å²) in [4.78, 5) is 3.66. The second-order valence-corrected chi connectivity index (χ2v) is 4.25. The van der Waals surface area contributed by atoms with Crippen molar-refractivity contribution in [3.05, 3.63) is 47.5 Å². The molecule has 5 nitrogen and oxygen atoms in total. The lowest BCUT2D eigenvalue weighted by Gasteiger charge is -2.19. The molecule has 1 aromatic heterocycles. The molecule has 1 heterocycles. The quantitative estimate of drug-likeness (QED) is 0.916. The maximum absolute atomic E-state index is 13.8. The molecule has 1 N–H and O–H groups in total. The van der Waals surface area contributed by atoms with E-state index in [-0.39, 0.29) is 5.56 Å². The number of aliphatic hydroxyl groups is 1. The predicted octanol–water partition coefficient (Wildman–Crippen LogP) is 2.33. The van der Waals surface area contributed by atoms with Crippen LogP contribution in [-0.2, 0) is 0 Å². The molecule has 0 radical (unpaired) electrons. The van der Waals surface area contributed by atoms with Gasteiger partial charge < -0.3 is 19.3 Å². The van der Waals surface area contributed by atoms with Gasteiger partial charge in [-0.3, -0.25) is 4.98 Å². The van der Waals surface area contributed by atoms with Gasteiger partial charge in [-0.05, 0) is 6.07 Å². The van der Waals surface area contributed by atoms with Crippen molar-refractivity contribution in [2.45, 2.75) is 6.10 Å². The summed E-state index contributed by atoms with van der Waals surface area (Å²) in [6.45, 7) is 0. The minimum atomic E-state index is -1.25. The third-order valence-corrected chi connectivity index (χ3v) is 3.12. The molecule has 0 saturated carbocycles. The summed E-state index contributed by atoms with van der Waals surface area (Å²) in [7, 11) is 4.41. The van der Waals surface area contributed by atoms with E-state index in [4.69, 9.17) is 14.2 Å². The first kappa shape index (κ1) is 15.1. The summed E-state index contributed by atoms with van der Waals surface area (Å²) in [6, 6.07) is 4.60. The number of ether oxygens (including phenoxy) is 3. The predicted molar refractivity (Wildman–Crippen MR) is 74.4 cm³/mol. The van der Waals surface area contributed by atoms with Crippen molar-refractivity contribution in [2.24, 2.45) is 0 Å². The summed E-state index contributed by atoms with van der Waals surface area (Å²) in [5.74, 6) is 0.588. The second-order valence-electron chi connectivity index (χ2n) is 4.25. The van der Waals surface area contributed by atoms with E-state index in [0.29, 0.717) is 22.8 Å². The number of pyridine rings is 1. The van der Waals surface area contributed by atoms with Gasteiger partial charge in [0, 0.05) is 23.9 Å². The molecule has 1 aromatic carbocycles. The smallest absolute Gasteiger partial charge is 0.147 e. The molecular weight excluding hydrogens is 277 g/mol. The van der Waals surface area contributed by atoms with E-state index in [9.17, 15) is 9.50 Å². The number of methoxy groups -OCH3 is 3. The van der Waals surface area contributed by atoms with Crippen LogP contribution in [0, 0.1) is 5.82 Å². The Morgan fingerprint density at radius 1 is 1.10 bits per heavy atom. The normalized spacial score (nSPS) is 11.9. The third kappa shape index (κ3) is 2.90. The monoisotopic (exact) mass is 293 g/mol. The van der Waals surface area contributed by atoms with Crippen molar-refractivity contribution >= 4 is 0 Å². The number of aliphatic hydroxyl groups excluding tert-OH is 1. The first-order chi connectivity index (χ1) is 10.1. The fourth-order valence-corrected chi connectivity index (χ4v) is 2.07. The van der Waals surface area contributed by atoms with Crippen LogP contribution >= 0.6 is 0 Å². The Morgan fingerprint density at radius 2 is 1.71 bits per heavy atom. The number of benzene rings is 1. The Labute approximate surface area is 121 Å². The number of halogens is 1. The van der Waals surface area contributed by atoms with Gasteiger partial charge in [-0.15, -0.1) is 0 Å². The topological polar surface area (TPSA) is 60.8 Å². The van der Waals surface area contributed by atoms with Gasteiger partial charge in [0.2, 0.25) is 0 Å². The van der Waals surface area contributed by atoms with Crippen molar-refractivity contribution in [3.63, 3.8) is 0 Å². The number of hydrogen-bond acceptors (Lipinski definition) is 5. The molecule has 0 aliphatic carbocycles. The van der Waals surface area contributed by atoms with Gasteiger partial charge in [0.15, 0.2) is 0 Å². The van der Waals surface area contributed by atoms with Crippen molar-refractivity contribution in [3.8, 4) is 17.2 Å². The molecule has 0 bridgehead atoms. The maximum Gasteiger partial charge on any atom is 0.147 e. The van der Waals surface area contributed by atoms with Crippen LogP contribution in [0.4, 0.5) is 4.39 Å². The van der Waals surface area contributed by atoms with Gasteiger partial charge in [0.1, 0.15) is 29.2 Å². The Morgan fingerprint density at radius 3 is 2.19 bits per heavy atom. The minimum absolute atomic E-state index is 0.0896. The van der Waals surface area contributed by atoms with E-state index in [1.807, 2.05) is 0 Å². The Bertz CT molecular complexity index is 608. The van der Waals surface area contributed by atoms with Gasteiger partial charge in [-0.25, -0.2) is 4.39 Å². The van der Waals surface area contributed by atoms with Gasteiger partial charge in [-0.2, -0.15) is 0 Å². The van der Waals surface area contributed by atoms with Crippen LogP contribution in [0.3, 0.4) is 0 Å². The fraction of sp³-hybridized carbons (Fsp3) is 0.267. The number of aromatic nitrogens is 1. The molecule has 0 fully saturated rings. The zero-order valence-corrected chi connectivity index (χ0v) is 12.0. The molecule has 0 aliphatic rings. The zero-order valence-electron chi connectivity index (χ0n) is 12.0. The van der Waals surface area contributed by atoms with E-state index in [2.05, 4.69) is 4.98 Å². The van der Waals surface area contributed by atoms with Crippen LogP contribution in [-0.4, -0.2) is 31.4 Å². The third-order valence-electron chi connectivity index (χ3n) is 3.12. The highest BCUT2D eigenvalue weighted by molar-refractivity contribution is 5.54. The van der Waals surface area contributed by atoms with Crippen LogP contribution in [0.2, 0.25) is 0 Å². The highest BCUT2D eigenvalue weighted by Gasteiger charge is 2.24. The molecule has 0 saturated heterocycles. The van der Waals surface area contributed by atoms with Crippen LogP contribution in [0.5, 0.6) is 17.2 Å². The highest BCUT2D eigenvalue weighted by atomic mass is 19.1. The summed E-state index contributed by atoms with van der Waals surface area (Å²) >= 11 is 0. The number of rotatable bonds is 5. The summed E-state index contributed by atoms with van der Waals surface area (Å²) in [6.07, 6.45) is 1.20. The van der Waals surface area contributed by atoms with Crippen LogP contribution in [0.1, 0.15) is 17.2 Å². The van der Waals surface area contributed by atoms with Gasteiger partial charge in [-0.1, -0.05) is 0 Å². The molecule has 1 atom stereocenters. The summed E-state index contributed by atoms with van der Waals surface area (Å²) in [5, 5.41) is 10.5. The average Bonchev–Trinajstić information content (AvgIpc) is 2.53. The molecule has 6 heteroatoms. The van der Waals surface area contributed by atoms with E-state index in [0.717, 1.165) is 6.20 Å². The zero-order chi connectivity index (χ0) is 15.4. The Hall–Kier alpha value is -2.34. The van der Waals surface area contributed by atoms with Crippen molar-refractivity contribution in [1.29, 1.82) is 0 Å². The Balaban J connectivity index is 2.59. The van der Waals surface area contributed by atoms with E-state index < -0.39 is 11.9 Å². The lowest BCUT2D eigenvalue weighted by Crippen LogP contribution is -2.07. The van der Waals surface area contributed by atoms with E-state index in [1.54, 1.807) is 12.1 Å². The molecule has 2 rings (SSSR count). The molecule has 0 aliphatic heterocycles. The van der Waals surface area contributed by atoms with Crippen LogP contribution in [0.25, 0.3) is 0 Å². The second kappa shape index (κ2) is 6.41. The first-order valence-corrected chi connectivity index (χ1v) is 6.19. The minimum Gasteiger partial charge on any atom is -0.496 e. The molecule has 1 unspecified atom stereocenters. The first-order valence-electron chi connectivity index (χ1n) is 6.19. The van der Waals surface area contributed by atoms with Crippen molar-refractivity contribution in [1.82, 2.24) is 4.98 Å². The van der Waals surface area contributed by atoms with Crippen molar-refractivity contribution in [2.75, 3.05) is 21.3 Å². The Kier molecular flexibility index (Phi) is 4.59. The average molecular weight is 293 g/mol. The lowest BCUT2D eigenvalue weighted by molar-refractivity contribution is 0.203. The maximum atomic E-state index is 13.8. The van der Waals surface area contributed by atoms with Crippen molar-refractivity contribution < 1.29 is 23.7 Å². The molecular formula is C15H16FNO4. The number of hydrogen-bond donors (Lipinski definition) is 1. The molecule has 21 heavy (non-hydrogen) atoms. The fourth-order valence-electron chi connectivity index (χ4n) is 2.07. The lowest BCUT2D eigenvalue weighted by atomic mass is 9.99. The summed E-state index contributed by atoms with van der Waals surface area (Å²) in [5.41, 5.74) is 0.415. The van der Waals surface area contributed by atoms with Crippen LogP contribution in [0.15, 0.2) is 30.6 Å². The largest absolute Gasteiger partial charge is 0.496 e. The van der Waals surface area contributed by atoms with Gasteiger partial charge in [0.05, 0.1) is 33.1 Å². The summed E-state index contributed by atoms with van der Waals surface area (Å²) < 4.78 is 29.5. The SMILES string of the molecule is COc1cc(OC)c(C(O)c2ccncc2F)c(OC)c1. The molecule has 112 valence electrons. The van der Waals surface area contributed by atoms with Gasteiger partial charge in [0.25, 0.3) is 0 Å². The highest BCUT2D eigenvalue weighted by Crippen LogP contribution is 2.40. The molecule has 2 aromatic rings. The van der Waals surface area contributed by atoms with E-state index >= 15 is 0 Å². The molecule has 0 amide bonds. The van der Waals surface area contributed by atoms with E-state index in [1.165, 1.54) is 33.6 Å². The standard InChI is InChI=1S/C15H16FNO4/c1-19-9-6-12(20-2)14(13(7-9)21-3)15(18)10-4-5-17-8-11(10)16/h4-8,15,18H,1-3H3. The van der Waals surface area contributed by atoms with Gasteiger partial charge >= 0.3 is 0 Å². The van der Waals surface area contributed by atoms with Crippen LogP contribution < -0.4 is 14.2 Å². The number of nitrogens with zero attached hydrogens (tertiary/aromatic N) is 1.